The van der Waals surface area contributed by atoms with Crippen molar-refractivity contribution in [1.29, 1.82) is 0 Å². The summed E-state index contributed by atoms with van der Waals surface area (Å²) in [5.74, 6) is 0. The number of hydrogen-bond acceptors (Lipinski definition) is 4. The Kier molecular flexibility index (Phi) is 5.88. The lowest BCUT2D eigenvalue weighted by Gasteiger charge is -2.01. The van der Waals surface area contributed by atoms with Crippen LogP contribution in [0.2, 0.25) is 5.02 Å². The van der Waals surface area contributed by atoms with Gasteiger partial charge in [0.1, 0.15) is 5.01 Å². The lowest BCUT2D eigenvalue weighted by molar-refractivity contribution is 0.591. The van der Waals surface area contributed by atoms with Crippen LogP contribution in [0.3, 0.4) is 0 Å². The Bertz CT molecular complexity index is 1030. The van der Waals surface area contributed by atoms with Crippen LogP contribution in [0.5, 0.6) is 0 Å². The molecule has 0 aliphatic carbocycles. The lowest BCUT2D eigenvalue weighted by Crippen LogP contribution is -2.20. The molecule has 0 aliphatic rings. The van der Waals surface area contributed by atoms with Crippen LogP contribution in [-0.4, -0.2) is 13.4 Å². The topological polar surface area (TPSA) is 59.1 Å². The lowest BCUT2D eigenvalue weighted by atomic mass is 10.2. The fraction of sp³-hybridized carbons (Fsp3) is 0.105. The first kappa shape index (κ1) is 18.8. The predicted molar refractivity (Wildman–Crippen MR) is 109 cm³/mol. The molecule has 3 aromatic rings. The number of hydrogen-bond donors (Lipinski definition) is 1. The number of nitrogens with zero attached hydrogens (tertiary/aromatic N) is 1. The fourth-order valence-corrected chi connectivity index (χ4v) is 4.48. The molecule has 0 amide bonds. The Labute approximate surface area is 162 Å². The summed E-state index contributed by atoms with van der Waals surface area (Å²) in [5, 5.41) is 2.58. The second-order valence-electron chi connectivity index (χ2n) is 5.59. The van der Waals surface area contributed by atoms with Crippen molar-refractivity contribution in [2.45, 2.75) is 13.5 Å². The standard InChI is InChI=1S/C19H17ClN2O2S2/c1-14-18(25-19(22-14)16-9-5-6-10-17(16)20)13-21-26(23,24)12-11-15-7-3-2-4-8-15/h2-12,21H,13H2,1H3. The summed E-state index contributed by atoms with van der Waals surface area (Å²) >= 11 is 7.65. The highest BCUT2D eigenvalue weighted by molar-refractivity contribution is 7.92. The van der Waals surface area contributed by atoms with Gasteiger partial charge in [-0.05, 0) is 24.6 Å². The minimum Gasteiger partial charge on any atom is -0.241 e. The maximum Gasteiger partial charge on any atom is 0.234 e. The normalized spacial score (nSPS) is 11.9. The maximum atomic E-state index is 12.2. The smallest absolute Gasteiger partial charge is 0.234 e. The van der Waals surface area contributed by atoms with E-state index >= 15 is 0 Å². The maximum absolute atomic E-state index is 12.2. The van der Waals surface area contributed by atoms with Gasteiger partial charge in [0.15, 0.2) is 0 Å². The third kappa shape index (κ3) is 4.80. The Morgan fingerprint density at radius 1 is 1.12 bits per heavy atom. The van der Waals surface area contributed by atoms with E-state index in [-0.39, 0.29) is 6.54 Å². The van der Waals surface area contributed by atoms with E-state index in [4.69, 9.17) is 11.6 Å². The molecule has 0 atom stereocenters. The summed E-state index contributed by atoms with van der Waals surface area (Å²) in [7, 11) is -3.54. The zero-order chi connectivity index (χ0) is 18.6. The first-order valence-electron chi connectivity index (χ1n) is 7.88. The minimum absolute atomic E-state index is 0.190. The zero-order valence-electron chi connectivity index (χ0n) is 14.0. The van der Waals surface area contributed by atoms with Crippen molar-refractivity contribution in [2.24, 2.45) is 0 Å². The summed E-state index contributed by atoms with van der Waals surface area (Å²) in [4.78, 5) is 5.38. The number of aromatic nitrogens is 1. The van der Waals surface area contributed by atoms with Crippen LogP contribution in [0.1, 0.15) is 16.1 Å². The van der Waals surface area contributed by atoms with E-state index in [2.05, 4.69) is 9.71 Å². The van der Waals surface area contributed by atoms with Gasteiger partial charge >= 0.3 is 0 Å². The van der Waals surface area contributed by atoms with E-state index in [0.29, 0.717) is 5.02 Å². The molecule has 0 aliphatic heterocycles. The van der Waals surface area contributed by atoms with Gasteiger partial charge in [-0.1, -0.05) is 60.1 Å². The van der Waals surface area contributed by atoms with Crippen molar-refractivity contribution in [3.8, 4) is 10.6 Å². The van der Waals surface area contributed by atoms with Gasteiger partial charge < -0.3 is 0 Å². The van der Waals surface area contributed by atoms with Gasteiger partial charge in [-0.2, -0.15) is 0 Å². The van der Waals surface area contributed by atoms with Gasteiger partial charge in [0.25, 0.3) is 0 Å². The Hall–Kier alpha value is -1.99. The van der Waals surface area contributed by atoms with E-state index in [1.165, 1.54) is 16.7 Å². The van der Waals surface area contributed by atoms with Crippen LogP contribution in [-0.2, 0) is 16.6 Å². The molecule has 0 bridgehead atoms. The molecular formula is C19H17ClN2O2S2. The predicted octanol–water partition coefficient (Wildman–Crippen LogP) is 4.86. The SMILES string of the molecule is Cc1nc(-c2ccccc2Cl)sc1CNS(=O)(=O)C=Cc1ccccc1. The molecule has 134 valence electrons. The highest BCUT2D eigenvalue weighted by Gasteiger charge is 2.13. The molecule has 1 N–H and O–H groups in total. The Morgan fingerprint density at radius 3 is 2.54 bits per heavy atom. The van der Waals surface area contributed by atoms with Crippen molar-refractivity contribution in [3.05, 3.63) is 81.2 Å². The summed E-state index contributed by atoms with van der Waals surface area (Å²) in [6.07, 6.45) is 1.57. The number of nitrogens with one attached hydrogen (secondary N) is 1. The molecule has 0 unspecified atom stereocenters. The first-order chi connectivity index (χ1) is 12.4. The zero-order valence-corrected chi connectivity index (χ0v) is 16.4. The Balaban J connectivity index is 1.72. The monoisotopic (exact) mass is 404 g/mol. The molecule has 0 saturated heterocycles. The van der Waals surface area contributed by atoms with E-state index < -0.39 is 10.0 Å². The van der Waals surface area contributed by atoms with Gasteiger partial charge in [-0.25, -0.2) is 18.1 Å². The number of benzene rings is 2. The van der Waals surface area contributed by atoms with Crippen LogP contribution in [0.25, 0.3) is 16.6 Å². The molecule has 1 aromatic heterocycles. The molecule has 3 rings (SSSR count). The van der Waals surface area contributed by atoms with Gasteiger partial charge in [-0.15, -0.1) is 11.3 Å². The number of thiazole rings is 1. The minimum atomic E-state index is -3.54. The molecule has 26 heavy (non-hydrogen) atoms. The van der Waals surface area contributed by atoms with E-state index in [1.807, 2.05) is 61.5 Å². The first-order valence-corrected chi connectivity index (χ1v) is 10.6. The molecule has 7 heteroatoms. The molecular weight excluding hydrogens is 388 g/mol. The van der Waals surface area contributed by atoms with Crippen LogP contribution in [0.4, 0.5) is 0 Å². The molecule has 0 spiro atoms. The summed E-state index contributed by atoms with van der Waals surface area (Å²) < 4.78 is 27.0. The summed E-state index contributed by atoms with van der Waals surface area (Å²) in [6, 6.07) is 16.8. The van der Waals surface area contributed by atoms with E-state index in [1.54, 1.807) is 6.08 Å². The number of rotatable bonds is 6. The fourth-order valence-electron chi connectivity index (χ4n) is 2.29. The summed E-state index contributed by atoms with van der Waals surface area (Å²) in [5.41, 5.74) is 2.47. The van der Waals surface area contributed by atoms with Gasteiger partial charge in [0.2, 0.25) is 10.0 Å². The van der Waals surface area contributed by atoms with Crippen molar-refractivity contribution in [3.63, 3.8) is 0 Å². The number of aryl methyl sites for hydroxylation is 1. The molecule has 1 heterocycles. The average Bonchev–Trinajstić information content (AvgIpc) is 3.00. The quantitative estimate of drug-likeness (QED) is 0.638. The second-order valence-corrected chi connectivity index (χ2v) is 8.73. The van der Waals surface area contributed by atoms with Gasteiger partial charge in [0, 0.05) is 22.4 Å². The van der Waals surface area contributed by atoms with Crippen molar-refractivity contribution in [1.82, 2.24) is 9.71 Å². The molecule has 2 aromatic carbocycles. The molecule has 0 fully saturated rings. The van der Waals surface area contributed by atoms with Crippen molar-refractivity contribution in [2.75, 3.05) is 0 Å². The van der Waals surface area contributed by atoms with Gasteiger partial charge in [-0.3, -0.25) is 0 Å². The third-order valence-electron chi connectivity index (χ3n) is 3.67. The number of sulfonamides is 1. The number of halogens is 1. The van der Waals surface area contributed by atoms with Crippen LogP contribution >= 0.6 is 22.9 Å². The van der Waals surface area contributed by atoms with Crippen LogP contribution in [0, 0.1) is 6.92 Å². The van der Waals surface area contributed by atoms with E-state index in [9.17, 15) is 8.42 Å². The largest absolute Gasteiger partial charge is 0.241 e. The van der Waals surface area contributed by atoms with E-state index in [0.717, 1.165) is 26.7 Å². The highest BCUT2D eigenvalue weighted by atomic mass is 35.5. The molecule has 0 radical (unpaired) electrons. The second kappa shape index (κ2) is 8.14. The van der Waals surface area contributed by atoms with Crippen molar-refractivity contribution >= 4 is 39.0 Å². The molecule has 4 nitrogen and oxygen atoms in total. The summed E-state index contributed by atoms with van der Waals surface area (Å²) in [6.45, 7) is 2.05. The van der Waals surface area contributed by atoms with Crippen molar-refractivity contribution < 1.29 is 8.42 Å². The van der Waals surface area contributed by atoms with Gasteiger partial charge in [0.05, 0.1) is 10.7 Å². The highest BCUT2D eigenvalue weighted by Crippen LogP contribution is 2.32. The Morgan fingerprint density at radius 2 is 1.81 bits per heavy atom. The third-order valence-corrected chi connectivity index (χ3v) is 6.23. The van der Waals surface area contributed by atoms with Crippen LogP contribution in [0.15, 0.2) is 60.0 Å². The average molecular weight is 405 g/mol. The molecule has 0 saturated carbocycles. The van der Waals surface area contributed by atoms with Crippen LogP contribution < -0.4 is 4.72 Å².